The highest BCUT2D eigenvalue weighted by Gasteiger charge is 2.23. The number of carboxylic acids is 1. The second-order valence-corrected chi connectivity index (χ2v) is 3.38. The van der Waals surface area contributed by atoms with Gasteiger partial charge in [-0.05, 0) is 18.2 Å². The second kappa shape index (κ2) is 6.36. The number of benzene rings is 1. The van der Waals surface area contributed by atoms with E-state index in [4.69, 9.17) is 5.11 Å². The molecular formula is C11H7F2NO6. The Kier molecular flexibility index (Phi) is 4.84. The zero-order valence-corrected chi connectivity index (χ0v) is 9.66. The van der Waals surface area contributed by atoms with Gasteiger partial charge in [0.1, 0.15) is 6.29 Å². The minimum Gasteiger partial charge on any atom is -0.478 e. The fourth-order valence-corrected chi connectivity index (χ4v) is 1.39. The minimum atomic E-state index is -3.33. The maximum atomic E-state index is 12.2. The lowest BCUT2D eigenvalue weighted by molar-refractivity contribution is -0.386. The zero-order chi connectivity index (χ0) is 15.3. The van der Waals surface area contributed by atoms with Crippen LogP contribution in [0.25, 0.3) is 6.08 Å². The third kappa shape index (κ3) is 3.83. The van der Waals surface area contributed by atoms with Gasteiger partial charge in [0.05, 0.1) is 10.5 Å². The van der Waals surface area contributed by atoms with Crippen molar-refractivity contribution in [1.82, 2.24) is 0 Å². The summed E-state index contributed by atoms with van der Waals surface area (Å²) in [7, 11) is 0. The van der Waals surface area contributed by atoms with Crippen LogP contribution in [-0.2, 0) is 4.79 Å². The maximum Gasteiger partial charge on any atom is 0.387 e. The Bertz CT molecular complexity index is 585. The fourth-order valence-electron chi connectivity index (χ4n) is 1.39. The van der Waals surface area contributed by atoms with E-state index in [-0.39, 0.29) is 17.4 Å². The first kappa shape index (κ1) is 15.2. The summed E-state index contributed by atoms with van der Waals surface area (Å²) in [6, 6.07) is 1.76. The number of carboxylic acid groups (broad SMARTS) is 1. The number of alkyl halides is 2. The summed E-state index contributed by atoms with van der Waals surface area (Å²) in [5.74, 6) is -2.22. The topological polar surface area (TPSA) is 107 Å². The van der Waals surface area contributed by atoms with Crippen LogP contribution in [0.2, 0.25) is 0 Å². The molecule has 0 aliphatic rings. The van der Waals surface area contributed by atoms with Crippen LogP contribution in [0, 0.1) is 10.1 Å². The number of nitro benzene ring substituents is 1. The molecule has 1 rings (SSSR count). The molecule has 0 bridgehead atoms. The van der Waals surface area contributed by atoms with E-state index in [1.165, 1.54) is 0 Å². The third-order valence-electron chi connectivity index (χ3n) is 2.07. The highest BCUT2D eigenvalue weighted by Crippen LogP contribution is 2.34. The second-order valence-electron chi connectivity index (χ2n) is 3.38. The lowest BCUT2D eigenvalue weighted by Gasteiger charge is -2.08. The molecule has 1 aromatic carbocycles. The van der Waals surface area contributed by atoms with Crippen LogP contribution in [0.3, 0.4) is 0 Å². The molecule has 0 aromatic heterocycles. The van der Waals surface area contributed by atoms with Crippen molar-refractivity contribution in [3.05, 3.63) is 39.4 Å². The standard InChI is InChI=1S/C11H7F2NO6/c12-11(13)20-8-4-6(5-15)3-7(1-2-9(16)17)10(8)14(18)19/h1-5,11H,(H,16,17)/b2-1+. The van der Waals surface area contributed by atoms with Crippen LogP contribution in [0.1, 0.15) is 15.9 Å². The van der Waals surface area contributed by atoms with Gasteiger partial charge in [0.25, 0.3) is 0 Å². The summed E-state index contributed by atoms with van der Waals surface area (Å²) in [4.78, 5) is 30.9. The van der Waals surface area contributed by atoms with Crippen molar-refractivity contribution < 1.29 is 33.1 Å². The molecule has 1 N–H and O–H groups in total. The molecule has 0 radical (unpaired) electrons. The van der Waals surface area contributed by atoms with Crippen molar-refractivity contribution in [3.63, 3.8) is 0 Å². The Morgan fingerprint density at radius 1 is 1.45 bits per heavy atom. The number of aliphatic carboxylic acids is 1. The van der Waals surface area contributed by atoms with Gasteiger partial charge in [-0.2, -0.15) is 8.78 Å². The van der Waals surface area contributed by atoms with E-state index in [1.807, 2.05) is 0 Å². The smallest absolute Gasteiger partial charge is 0.387 e. The van der Waals surface area contributed by atoms with E-state index in [9.17, 15) is 28.5 Å². The van der Waals surface area contributed by atoms with E-state index in [0.717, 1.165) is 18.2 Å². The number of halogens is 2. The number of hydrogen-bond donors (Lipinski definition) is 1. The molecule has 0 amide bonds. The minimum absolute atomic E-state index is 0.170. The van der Waals surface area contributed by atoms with Gasteiger partial charge in [-0.1, -0.05) is 0 Å². The first-order valence-corrected chi connectivity index (χ1v) is 4.98. The van der Waals surface area contributed by atoms with Gasteiger partial charge in [0, 0.05) is 11.6 Å². The number of carbonyl (C=O) groups is 2. The molecule has 106 valence electrons. The van der Waals surface area contributed by atoms with Gasteiger partial charge in [-0.3, -0.25) is 14.9 Å². The summed E-state index contributed by atoms with van der Waals surface area (Å²) in [5, 5.41) is 19.3. The van der Waals surface area contributed by atoms with Crippen molar-refractivity contribution in [1.29, 1.82) is 0 Å². The average Bonchev–Trinajstić information content (AvgIpc) is 2.34. The molecule has 1 aromatic rings. The summed E-state index contributed by atoms with van der Waals surface area (Å²) >= 11 is 0. The molecule has 20 heavy (non-hydrogen) atoms. The van der Waals surface area contributed by atoms with Crippen LogP contribution in [0.15, 0.2) is 18.2 Å². The number of carbonyl (C=O) groups excluding carboxylic acids is 1. The molecule has 0 fully saturated rings. The van der Waals surface area contributed by atoms with Crippen molar-refractivity contribution >= 4 is 24.0 Å². The molecule has 0 aliphatic carbocycles. The Balaban J connectivity index is 3.49. The SMILES string of the molecule is O=Cc1cc(/C=C/C(=O)O)c([N+](=O)[O-])c(OC(F)F)c1. The van der Waals surface area contributed by atoms with Crippen LogP contribution in [0.5, 0.6) is 5.75 Å². The molecule has 0 heterocycles. The highest BCUT2D eigenvalue weighted by atomic mass is 19.3. The lowest BCUT2D eigenvalue weighted by atomic mass is 10.1. The average molecular weight is 287 g/mol. The number of hydrogen-bond acceptors (Lipinski definition) is 5. The third-order valence-corrected chi connectivity index (χ3v) is 2.07. The van der Waals surface area contributed by atoms with Gasteiger partial charge in [0.15, 0.2) is 0 Å². The van der Waals surface area contributed by atoms with Crippen LogP contribution in [-0.4, -0.2) is 28.9 Å². The van der Waals surface area contributed by atoms with Gasteiger partial charge in [-0.15, -0.1) is 0 Å². The Labute approximate surface area is 110 Å². The Morgan fingerprint density at radius 2 is 2.10 bits per heavy atom. The first-order valence-electron chi connectivity index (χ1n) is 4.98. The molecule has 0 saturated heterocycles. The van der Waals surface area contributed by atoms with Crippen molar-refractivity contribution in [2.45, 2.75) is 6.61 Å². The predicted molar refractivity (Wildman–Crippen MR) is 61.8 cm³/mol. The molecular weight excluding hydrogens is 280 g/mol. The fraction of sp³-hybridized carbons (Fsp3) is 0.0909. The number of aldehydes is 1. The molecule has 0 aliphatic heterocycles. The number of ether oxygens (including phenoxy) is 1. The van der Waals surface area contributed by atoms with Crippen molar-refractivity contribution in [3.8, 4) is 5.75 Å². The zero-order valence-electron chi connectivity index (χ0n) is 9.66. The Morgan fingerprint density at radius 3 is 2.55 bits per heavy atom. The maximum absolute atomic E-state index is 12.2. The first-order chi connectivity index (χ1) is 9.35. The normalized spacial score (nSPS) is 10.8. The van der Waals surface area contributed by atoms with E-state index in [0.29, 0.717) is 6.08 Å². The number of rotatable bonds is 6. The van der Waals surface area contributed by atoms with E-state index < -0.39 is 28.9 Å². The Hall–Kier alpha value is -2.84. The van der Waals surface area contributed by atoms with Crippen molar-refractivity contribution in [2.24, 2.45) is 0 Å². The van der Waals surface area contributed by atoms with Crippen molar-refractivity contribution in [2.75, 3.05) is 0 Å². The molecule has 0 saturated carbocycles. The number of nitro groups is 1. The quantitative estimate of drug-likeness (QED) is 0.371. The van der Waals surface area contributed by atoms with Gasteiger partial charge >= 0.3 is 18.3 Å². The molecule has 0 atom stereocenters. The molecule has 9 heteroatoms. The summed E-state index contributed by atoms with van der Waals surface area (Å²) in [5.41, 5.74) is -1.36. The van der Waals surface area contributed by atoms with Gasteiger partial charge < -0.3 is 9.84 Å². The number of nitrogens with zero attached hydrogens (tertiary/aromatic N) is 1. The lowest BCUT2D eigenvalue weighted by Crippen LogP contribution is -2.06. The van der Waals surface area contributed by atoms with Crippen LogP contribution in [0.4, 0.5) is 14.5 Å². The summed E-state index contributed by atoms with van der Waals surface area (Å²) in [6.07, 6.45) is 1.65. The predicted octanol–water partition coefficient (Wildman–Crippen LogP) is 2.11. The van der Waals surface area contributed by atoms with Crippen LogP contribution >= 0.6 is 0 Å². The monoisotopic (exact) mass is 287 g/mol. The summed E-state index contributed by atoms with van der Waals surface area (Å²) in [6.45, 7) is -3.33. The largest absolute Gasteiger partial charge is 0.478 e. The summed E-state index contributed by atoms with van der Waals surface area (Å²) < 4.78 is 28.4. The van der Waals surface area contributed by atoms with Crippen LogP contribution < -0.4 is 4.74 Å². The highest BCUT2D eigenvalue weighted by molar-refractivity contribution is 5.88. The van der Waals surface area contributed by atoms with E-state index in [2.05, 4.69) is 4.74 Å². The molecule has 0 unspecified atom stereocenters. The molecule has 0 spiro atoms. The van der Waals surface area contributed by atoms with Gasteiger partial charge in [-0.25, -0.2) is 4.79 Å². The van der Waals surface area contributed by atoms with Gasteiger partial charge in [0.2, 0.25) is 5.75 Å². The molecule has 7 nitrogen and oxygen atoms in total. The van der Waals surface area contributed by atoms with E-state index >= 15 is 0 Å². The van der Waals surface area contributed by atoms with E-state index in [1.54, 1.807) is 0 Å².